The lowest BCUT2D eigenvalue weighted by Gasteiger charge is -2.38. The van der Waals surface area contributed by atoms with Crippen molar-refractivity contribution in [3.63, 3.8) is 0 Å². The Hall–Kier alpha value is -3.09. The number of nitro benzene ring substituents is 1. The number of halogens is 2. The summed E-state index contributed by atoms with van der Waals surface area (Å²) in [7, 11) is 0. The van der Waals surface area contributed by atoms with E-state index in [9.17, 15) is 10.1 Å². The third kappa shape index (κ3) is 3.18. The van der Waals surface area contributed by atoms with Gasteiger partial charge in [-0.05, 0) is 29.8 Å². The second-order valence-electron chi connectivity index (χ2n) is 7.13. The average Bonchev–Trinajstić information content (AvgIpc) is 3.20. The van der Waals surface area contributed by atoms with Crippen molar-refractivity contribution in [2.75, 3.05) is 0 Å². The molecule has 3 aromatic carbocycles. The molecule has 0 bridgehead atoms. The molecule has 0 spiro atoms. The second kappa shape index (κ2) is 7.31. The molecule has 0 saturated carbocycles. The predicted molar refractivity (Wildman–Crippen MR) is 115 cm³/mol. The van der Waals surface area contributed by atoms with Gasteiger partial charge in [-0.2, -0.15) is 5.10 Å². The summed E-state index contributed by atoms with van der Waals surface area (Å²) in [5.74, 6) is 0.688. The molecular weight excluding hydrogens is 425 g/mol. The monoisotopic (exact) mass is 439 g/mol. The lowest BCUT2D eigenvalue weighted by Crippen LogP contribution is -2.33. The summed E-state index contributed by atoms with van der Waals surface area (Å²) in [5.41, 5.74) is 3.33. The number of benzene rings is 3. The zero-order valence-electron chi connectivity index (χ0n) is 15.5. The van der Waals surface area contributed by atoms with E-state index in [1.807, 2.05) is 47.5 Å². The van der Waals surface area contributed by atoms with Crippen molar-refractivity contribution in [3.05, 3.63) is 104 Å². The van der Waals surface area contributed by atoms with E-state index in [1.165, 1.54) is 12.1 Å². The first-order valence-electron chi connectivity index (χ1n) is 9.32. The molecule has 5 rings (SSSR count). The minimum Gasteiger partial charge on any atom is -0.464 e. The van der Waals surface area contributed by atoms with Crippen LogP contribution in [-0.4, -0.2) is 15.6 Å². The molecule has 150 valence electrons. The molecule has 2 aliphatic rings. The zero-order chi connectivity index (χ0) is 20.8. The van der Waals surface area contributed by atoms with E-state index >= 15 is 0 Å². The highest BCUT2D eigenvalue weighted by molar-refractivity contribution is 6.32. The van der Waals surface area contributed by atoms with Crippen LogP contribution in [0, 0.1) is 10.1 Å². The van der Waals surface area contributed by atoms with Crippen LogP contribution in [0.4, 0.5) is 5.69 Å². The summed E-state index contributed by atoms with van der Waals surface area (Å²) >= 11 is 12.3. The molecule has 30 heavy (non-hydrogen) atoms. The molecule has 0 unspecified atom stereocenters. The molecule has 0 radical (unpaired) electrons. The first kappa shape index (κ1) is 18.9. The van der Waals surface area contributed by atoms with Crippen LogP contribution in [-0.2, 0) is 0 Å². The fourth-order valence-corrected chi connectivity index (χ4v) is 4.27. The van der Waals surface area contributed by atoms with Crippen LogP contribution in [0.3, 0.4) is 0 Å². The maximum atomic E-state index is 11.4. The van der Waals surface area contributed by atoms with Crippen molar-refractivity contribution < 1.29 is 9.66 Å². The topological polar surface area (TPSA) is 68.0 Å². The van der Waals surface area contributed by atoms with Crippen LogP contribution in [0.2, 0.25) is 10.0 Å². The number of nitrogens with zero attached hydrogens (tertiary/aromatic N) is 3. The Balaban J connectivity index is 1.62. The number of hydrogen-bond donors (Lipinski definition) is 0. The van der Waals surface area contributed by atoms with Crippen LogP contribution in [0.5, 0.6) is 5.75 Å². The fourth-order valence-electron chi connectivity index (χ4n) is 3.91. The van der Waals surface area contributed by atoms with Crippen molar-refractivity contribution in [1.29, 1.82) is 0 Å². The number of hydrogen-bond acceptors (Lipinski definition) is 5. The summed E-state index contributed by atoms with van der Waals surface area (Å²) in [4.78, 5) is 10.9. The molecular formula is C22H15Cl2N3O3. The average molecular weight is 440 g/mol. The van der Waals surface area contributed by atoms with Crippen molar-refractivity contribution in [2.45, 2.75) is 18.7 Å². The number of ether oxygens (including phenoxy) is 1. The van der Waals surface area contributed by atoms with Gasteiger partial charge in [0, 0.05) is 28.6 Å². The smallest absolute Gasteiger partial charge is 0.288 e. The van der Waals surface area contributed by atoms with Gasteiger partial charge in [0.2, 0.25) is 6.23 Å². The van der Waals surface area contributed by atoms with Crippen LogP contribution < -0.4 is 4.74 Å². The quantitative estimate of drug-likeness (QED) is 0.362. The predicted octanol–water partition coefficient (Wildman–Crippen LogP) is 6.14. The van der Waals surface area contributed by atoms with Gasteiger partial charge in [-0.25, -0.2) is 5.01 Å². The molecule has 8 heteroatoms. The molecule has 2 aliphatic heterocycles. The molecule has 2 atom stereocenters. The van der Waals surface area contributed by atoms with E-state index in [0.717, 1.165) is 16.8 Å². The fraction of sp³-hybridized carbons (Fsp3) is 0.136. The highest BCUT2D eigenvalue weighted by Crippen LogP contribution is 2.48. The zero-order valence-corrected chi connectivity index (χ0v) is 17.0. The Morgan fingerprint density at radius 2 is 1.87 bits per heavy atom. The van der Waals surface area contributed by atoms with E-state index in [1.54, 1.807) is 12.1 Å². The summed E-state index contributed by atoms with van der Waals surface area (Å²) in [5, 5.41) is 18.8. The van der Waals surface area contributed by atoms with Crippen molar-refractivity contribution in [2.24, 2.45) is 5.10 Å². The van der Waals surface area contributed by atoms with E-state index in [-0.39, 0.29) is 16.8 Å². The number of fused-ring (bicyclic) bond motifs is 3. The molecule has 0 aliphatic carbocycles. The van der Waals surface area contributed by atoms with Crippen LogP contribution in [0.1, 0.15) is 35.4 Å². The minimum absolute atomic E-state index is 0.0817. The molecule has 3 aromatic rings. The van der Waals surface area contributed by atoms with Gasteiger partial charge in [-0.1, -0.05) is 59.6 Å². The highest BCUT2D eigenvalue weighted by Gasteiger charge is 2.41. The molecule has 6 nitrogen and oxygen atoms in total. The maximum Gasteiger partial charge on any atom is 0.288 e. The Bertz CT molecular complexity index is 1180. The number of hydrazone groups is 1. The van der Waals surface area contributed by atoms with Gasteiger partial charge < -0.3 is 4.74 Å². The van der Waals surface area contributed by atoms with Gasteiger partial charge in [0.15, 0.2) is 0 Å². The molecule has 0 saturated heterocycles. The lowest BCUT2D eigenvalue weighted by atomic mass is 9.96. The van der Waals surface area contributed by atoms with Crippen molar-refractivity contribution in [3.8, 4) is 5.75 Å². The van der Waals surface area contributed by atoms with Crippen LogP contribution in [0.25, 0.3) is 0 Å². The minimum atomic E-state index is -0.624. The first-order chi connectivity index (χ1) is 14.5. The van der Waals surface area contributed by atoms with E-state index in [2.05, 4.69) is 0 Å². The second-order valence-corrected chi connectivity index (χ2v) is 7.98. The standard InChI is InChI=1S/C22H15Cl2N3O3/c23-15-7-9-21-16(11-15)19-12-18(13-4-2-1-3-5-13)25-26(19)22(30-21)14-6-8-17(24)20(10-14)27(28)29/h1-11,19,22H,12H2/t19-,22-/m1/s1. The van der Waals surface area contributed by atoms with Crippen molar-refractivity contribution in [1.82, 2.24) is 5.01 Å². The Morgan fingerprint density at radius 1 is 1.07 bits per heavy atom. The molecule has 0 N–H and O–H groups in total. The van der Waals surface area contributed by atoms with E-state index in [0.29, 0.717) is 22.8 Å². The first-order valence-corrected chi connectivity index (χ1v) is 10.1. The molecule has 0 aromatic heterocycles. The highest BCUT2D eigenvalue weighted by atomic mass is 35.5. The number of nitro groups is 1. The third-order valence-electron chi connectivity index (χ3n) is 5.31. The number of rotatable bonds is 3. The Labute approximate surface area is 182 Å². The maximum absolute atomic E-state index is 11.4. The molecule has 0 amide bonds. The normalized spacial score (nSPS) is 19.5. The lowest BCUT2D eigenvalue weighted by molar-refractivity contribution is -0.384. The van der Waals surface area contributed by atoms with Gasteiger partial charge in [0.1, 0.15) is 10.8 Å². The Kier molecular flexibility index (Phi) is 4.60. The van der Waals surface area contributed by atoms with E-state index in [4.69, 9.17) is 33.0 Å². The van der Waals surface area contributed by atoms with Gasteiger partial charge in [-0.15, -0.1) is 0 Å². The summed E-state index contributed by atoms with van der Waals surface area (Å²) < 4.78 is 6.24. The van der Waals surface area contributed by atoms with Gasteiger partial charge in [0.05, 0.1) is 16.7 Å². The molecule has 0 fully saturated rings. The third-order valence-corrected chi connectivity index (χ3v) is 5.87. The largest absolute Gasteiger partial charge is 0.464 e. The summed E-state index contributed by atoms with van der Waals surface area (Å²) in [6.45, 7) is 0. The van der Waals surface area contributed by atoms with Gasteiger partial charge in [0.25, 0.3) is 5.69 Å². The summed E-state index contributed by atoms with van der Waals surface area (Å²) in [6, 6.07) is 20.0. The van der Waals surface area contributed by atoms with Crippen LogP contribution >= 0.6 is 23.2 Å². The van der Waals surface area contributed by atoms with Gasteiger partial charge in [-0.3, -0.25) is 10.1 Å². The molecule has 2 heterocycles. The van der Waals surface area contributed by atoms with Crippen molar-refractivity contribution >= 4 is 34.6 Å². The SMILES string of the molecule is O=[N+]([O-])c1cc([C@H]2Oc3ccc(Cl)cc3[C@H]3CC(c4ccccc4)=NN32)ccc1Cl. The van der Waals surface area contributed by atoms with Crippen LogP contribution in [0.15, 0.2) is 71.8 Å². The van der Waals surface area contributed by atoms with Gasteiger partial charge >= 0.3 is 0 Å². The van der Waals surface area contributed by atoms with E-state index < -0.39 is 11.2 Å². The summed E-state index contributed by atoms with van der Waals surface area (Å²) in [6.07, 6.45) is 0.0493. The Morgan fingerprint density at radius 3 is 2.63 bits per heavy atom.